The smallest absolute Gasteiger partial charge is 0.255 e. The Morgan fingerprint density at radius 2 is 1.96 bits per heavy atom. The maximum atomic E-state index is 13.4. The van der Waals surface area contributed by atoms with Gasteiger partial charge in [0.1, 0.15) is 6.04 Å². The lowest BCUT2D eigenvalue weighted by molar-refractivity contribution is 0.0932. The number of carbonyl (C=O) groups is 1. The maximum absolute atomic E-state index is 13.4. The highest BCUT2D eigenvalue weighted by Crippen LogP contribution is 2.21. The van der Waals surface area contributed by atoms with Crippen LogP contribution >= 0.6 is 0 Å². The molecule has 0 fully saturated rings. The molecule has 0 bridgehead atoms. The van der Waals surface area contributed by atoms with E-state index in [1.165, 1.54) is 6.07 Å². The van der Waals surface area contributed by atoms with Crippen molar-refractivity contribution in [1.29, 1.82) is 0 Å². The van der Waals surface area contributed by atoms with Crippen molar-refractivity contribution in [2.24, 2.45) is 0 Å². The van der Waals surface area contributed by atoms with Gasteiger partial charge < -0.3 is 9.84 Å². The summed E-state index contributed by atoms with van der Waals surface area (Å²) >= 11 is 0. The molecule has 0 aliphatic carbocycles. The number of hydrogen-bond donors (Lipinski definition) is 1. The molecule has 0 saturated heterocycles. The van der Waals surface area contributed by atoms with Crippen molar-refractivity contribution in [3.05, 3.63) is 53.2 Å². The van der Waals surface area contributed by atoms with Crippen LogP contribution in [-0.4, -0.2) is 25.8 Å². The van der Waals surface area contributed by atoms with Gasteiger partial charge in [-0.25, -0.2) is 8.78 Å². The lowest BCUT2D eigenvalue weighted by atomic mass is 10.2. The summed E-state index contributed by atoms with van der Waals surface area (Å²) in [5, 5.41) is 10.8. The van der Waals surface area contributed by atoms with Gasteiger partial charge in [0.05, 0.1) is 11.3 Å². The molecule has 2 aromatic heterocycles. The van der Waals surface area contributed by atoms with E-state index in [9.17, 15) is 13.6 Å². The molecule has 2 heterocycles. The van der Waals surface area contributed by atoms with E-state index < -0.39 is 17.7 Å². The molecule has 0 aliphatic heterocycles. The first kappa shape index (κ1) is 18.7. The van der Waals surface area contributed by atoms with Gasteiger partial charge >= 0.3 is 0 Å². The van der Waals surface area contributed by atoms with Crippen molar-refractivity contribution in [2.75, 3.05) is 0 Å². The highest BCUT2D eigenvalue weighted by molar-refractivity contribution is 5.95. The number of nitrogens with one attached hydrogen (secondary N) is 1. The van der Waals surface area contributed by atoms with Gasteiger partial charge in [0.25, 0.3) is 5.91 Å². The van der Waals surface area contributed by atoms with Crippen LogP contribution in [0, 0.1) is 18.6 Å². The Morgan fingerprint density at radius 3 is 2.59 bits per heavy atom. The number of carbonyl (C=O) groups excluding carboxylic acids is 1. The Balaban J connectivity index is 1.75. The van der Waals surface area contributed by atoms with Crippen molar-refractivity contribution >= 4 is 5.91 Å². The second-order valence-electron chi connectivity index (χ2n) is 6.48. The summed E-state index contributed by atoms with van der Waals surface area (Å²) in [6, 6.07) is 2.88. The highest BCUT2D eigenvalue weighted by atomic mass is 19.2. The standard InChI is InChI=1S/C18H19F2N5O2/c1-9(2)25-8-13(10(3)23-25)17(26)21-11(4)18-22-16(24-27-18)12-5-6-14(19)15(20)7-12/h5-9,11H,1-4H3,(H,21,26)/t11-/m0/s1. The van der Waals surface area contributed by atoms with E-state index in [0.717, 1.165) is 12.1 Å². The summed E-state index contributed by atoms with van der Waals surface area (Å²) in [5.74, 6) is -2.02. The Labute approximate surface area is 154 Å². The van der Waals surface area contributed by atoms with E-state index in [-0.39, 0.29) is 29.2 Å². The molecule has 0 radical (unpaired) electrons. The predicted molar refractivity (Wildman–Crippen MR) is 92.9 cm³/mol. The van der Waals surface area contributed by atoms with Crippen LogP contribution in [0.3, 0.4) is 0 Å². The van der Waals surface area contributed by atoms with Crippen LogP contribution in [0.5, 0.6) is 0 Å². The first-order valence-corrected chi connectivity index (χ1v) is 8.42. The summed E-state index contributed by atoms with van der Waals surface area (Å²) in [6.45, 7) is 7.37. The van der Waals surface area contributed by atoms with Crippen molar-refractivity contribution < 1.29 is 18.1 Å². The SMILES string of the molecule is Cc1nn(C(C)C)cc1C(=O)N[C@@H](C)c1nc(-c2ccc(F)c(F)c2)no1. The average Bonchev–Trinajstić information content (AvgIpc) is 3.24. The molecule has 1 amide bonds. The first-order chi connectivity index (χ1) is 12.8. The predicted octanol–water partition coefficient (Wildman–Crippen LogP) is 3.59. The van der Waals surface area contributed by atoms with E-state index in [1.807, 2.05) is 13.8 Å². The lowest BCUT2D eigenvalue weighted by Crippen LogP contribution is -2.27. The van der Waals surface area contributed by atoms with Crippen molar-refractivity contribution in [2.45, 2.75) is 39.8 Å². The van der Waals surface area contributed by atoms with Crippen molar-refractivity contribution in [3.8, 4) is 11.4 Å². The topological polar surface area (TPSA) is 85.8 Å². The number of amides is 1. The summed E-state index contributed by atoms with van der Waals surface area (Å²) in [7, 11) is 0. The van der Waals surface area contributed by atoms with Crippen LogP contribution < -0.4 is 5.32 Å². The molecule has 27 heavy (non-hydrogen) atoms. The number of aromatic nitrogens is 4. The number of halogens is 2. The fourth-order valence-corrected chi connectivity index (χ4v) is 2.47. The molecule has 142 valence electrons. The summed E-state index contributed by atoms with van der Waals surface area (Å²) in [4.78, 5) is 16.6. The zero-order valence-corrected chi connectivity index (χ0v) is 15.3. The zero-order chi connectivity index (χ0) is 19.7. The molecule has 0 aliphatic rings. The molecule has 0 saturated carbocycles. The molecule has 0 unspecified atom stereocenters. The fourth-order valence-electron chi connectivity index (χ4n) is 2.47. The molecular formula is C18H19F2N5O2. The third-order valence-corrected chi connectivity index (χ3v) is 4.03. The summed E-state index contributed by atoms with van der Waals surface area (Å²) in [6.07, 6.45) is 1.68. The third-order valence-electron chi connectivity index (χ3n) is 4.03. The molecule has 1 atom stereocenters. The van der Waals surface area contributed by atoms with E-state index >= 15 is 0 Å². The quantitative estimate of drug-likeness (QED) is 0.736. The monoisotopic (exact) mass is 375 g/mol. The van der Waals surface area contributed by atoms with Gasteiger partial charge in [0.15, 0.2) is 11.6 Å². The number of nitrogens with zero attached hydrogens (tertiary/aromatic N) is 4. The normalized spacial score (nSPS) is 12.4. The third kappa shape index (κ3) is 3.86. The van der Waals surface area contributed by atoms with Crippen molar-refractivity contribution in [3.63, 3.8) is 0 Å². The summed E-state index contributed by atoms with van der Waals surface area (Å²) in [5.41, 5.74) is 1.34. The van der Waals surface area contributed by atoms with Gasteiger partial charge in [-0.2, -0.15) is 10.1 Å². The molecule has 3 rings (SSSR count). The van der Waals surface area contributed by atoms with Crippen LogP contribution in [0.4, 0.5) is 8.78 Å². The van der Waals surface area contributed by atoms with Crippen LogP contribution in [-0.2, 0) is 0 Å². The Bertz CT molecular complexity index is 980. The minimum atomic E-state index is -1.00. The van der Waals surface area contributed by atoms with E-state index in [1.54, 1.807) is 24.7 Å². The highest BCUT2D eigenvalue weighted by Gasteiger charge is 2.21. The zero-order valence-electron chi connectivity index (χ0n) is 15.3. The van der Waals surface area contributed by atoms with E-state index in [4.69, 9.17) is 4.52 Å². The Morgan fingerprint density at radius 1 is 1.22 bits per heavy atom. The van der Waals surface area contributed by atoms with Gasteiger partial charge in [-0.05, 0) is 45.9 Å². The Kier molecular flexibility index (Phi) is 5.02. The van der Waals surface area contributed by atoms with Crippen molar-refractivity contribution in [1.82, 2.24) is 25.2 Å². The molecule has 9 heteroatoms. The van der Waals surface area contributed by atoms with Crippen LogP contribution in [0.1, 0.15) is 54.8 Å². The largest absolute Gasteiger partial charge is 0.340 e. The number of benzene rings is 1. The first-order valence-electron chi connectivity index (χ1n) is 8.42. The van der Waals surface area contributed by atoms with Crippen LogP contribution in [0.2, 0.25) is 0 Å². The van der Waals surface area contributed by atoms with Crippen LogP contribution in [0.15, 0.2) is 28.9 Å². The Hall–Kier alpha value is -3.10. The number of rotatable bonds is 5. The minimum Gasteiger partial charge on any atom is -0.340 e. The molecule has 3 aromatic rings. The van der Waals surface area contributed by atoms with E-state index in [0.29, 0.717) is 11.3 Å². The summed E-state index contributed by atoms with van der Waals surface area (Å²) < 4.78 is 33.3. The minimum absolute atomic E-state index is 0.105. The average molecular weight is 375 g/mol. The van der Waals surface area contributed by atoms with Crippen LogP contribution in [0.25, 0.3) is 11.4 Å². The molecule has 0 spiro atoms. The molecule has 1 aromatic carbocycles. The second kappa shape index (κ2) is 7.26. The maximum Gasteiger partial charge on any atom is 0.255 e. The van der Waals surface area contributed by atoms with E-state index in [2.05, 4.69) is 20.6 Å². The second-order valence-corrected chi connectivity index (χ2v) is 6.48. The fraction of sp³-hybridized carbons (Fsp3) is 0.333. The number of hydrogen-bond acceptors (Lipinski definition) is 5. The lowest BCUT2D eigenvalue weighted by Gasteiger charge is -2.08. The van der Waals surface area contributed by atoms with Gasteiger partial charge in [-0.15, -0.1) is 0 Å². The van der Waals surface area contributed by atoms with Gasteiger partial charge in [-0.1, -0.05) is 5.16 Å². The molecule has 1 N–H and O–H groups in total. The molecule has 7 nitrogen and oxygen atoms in total. The van der Waals surface area contributed by atoms with Gasteiger partial charge in [0.2, 0.25) is 11.7 Å². The van der Waals surface area contributed by atoms with Gasteiger partial charge in [0, 0.05) is 17.8 Å². The number of aryl methyl sites for hydroxylation is 1. The van der Waals surface area contributed by atoms with Gasteiger partial charge in [-0.3, -0.25) is 9.48 Å². The molecular weight excluding hydrogens is 356 g/mol.